The quantitative estimate of drug-likeness (QED) is 0.661. The van der Waals surface area contributed by atoms with Crippen molar-refractivity contribution < 1.29 is 4.74 Å². The van der Waals surface area contributed by atoms with Crippen LogP contribution in [0.25, 0.3) is 0 Å². The van der Waals surface area contributed by atoms with Gasteiger partial charge in [0.05, 0.1) is 6.61 Å². The van der Waals surface area contributed by atoms with E-state index in [0.717, 1.165) is 19.7 Å². The number of hydrogen-bond donors (Lipinski definition) is 2. The zero-order valence-electron chi connectivity index (χ0n) is 12.9. The molecule has 114 valence electrons. The molecule has 1 aromatic rings. The molecule has 0 aliphatic heterocycles. The average molecular weight is 282 g/mol. The molecule has 0 spiro atoms. The van der Waals surface area contributed by atoms with Gasteiger partial charge in [0.15, 0.2) is 0 Å². The maximum Gasteiger partial charge on any atom is 0.231 e. The Morgan fingerprint density at radius 2 is 1.90 bits per heavy atom. The van der Waals surface area contributed by atoms with Gasteiger partial charge in [-0.25, -0.2) is 0 Å². The fraction of sp³-hybridized carbons (Fsp3) is 0.769. The molecule has 1 heterocycles. The Kier molecular flexibility index (Phi) is 7.00. The molecule has 1 rings (SSSR count). The van der Waals surface area contributed by atoms with Gasteiger partial charge in [-0.15, -0.1) is 0 Å². The molecule has 0 atom stereocenters. The van der Waals surface area contributed by atoms with Gasteiger partial charge < -0.3 is 20.7 Å². The predicted octanol–water partition coefficient (Wildman–Crippen LogP) is 1.38. The molecule has 0 amide bonds. The molecule has 0 saturated carbocycles. The van der Waals surface area contributed by atoms with Crippen LogP contribution in [0.4, 0.5) is 17.8 Å². The first-order chi connectivity index (χ1) is 9.56. The highest BCUT2D eigenvalue weighted by Crippen LogP contribution is 2.11. The summed E-state index contributed by atoms with van der Waals surface area (Å²) in [6, 6.07) is 0. The first-order valence-corrected chi connectivity index (χ1v) is 7.14. The van der Waals surface area contributed by atoms with Gasteiger partial charge in [-0.05, 0) is 19.8 Å². The first kappa shape index (κ1) is 16.4. The standard InChI is InChI=1S/C13H26N6O/c1-5-19(6-2)13-17-11(14)16-12(18-13)15-7-8-20-9-10(3)4/h10H,5-9H2,1-4H3,(H3,14,15,16,17,18). The number of ether oxygens (including phenoxy) is 1. The Morgan fingerprint density at radius 3 is 2.50 bits per heavy atom. The van der Waals surface area contributed by atoms with Crippen LogP contribution in [0.3, 0.4) is 0 Å². The van der Waals surface area contributed by atoms with Crippen molar-refractivity contribution in [3.8, 4) is 0 Å². The lowest BCUT2D eigenvalue weighted by molar-refractivity contribution is 0.118. The number of hydrogen-bond acceptors (Lipinski definition) is 7. The van der Waals surface area contributed by atoms with Gasteiger partial charge in [0.25, 0.3) is 0 Å². The molecule has 0 saturated heterocycles. The summed E-state index contributed by atoms with van der Waals surface area (Å²) in [5.41, 5.74) is 5.72. The van der Waals surface area contributed by atoms with Crippen LogP contribution in [0, 0.1) is 5.92 Å². The monoisotopic (exact) mass is 282 g/mol. The highest BCUT2D eigenvalue weighted by molar-refractivity contribution is 5.41. The smallest absolute Gasteiger partial charge is 0.231 e. The average Bonchev–Trinajstić information content (AvgIpc) is 2.39. The minimum atomic E-state index is 0.229. The van der Waals surface area contributed by atoms with Crippen molar-refractivity contribution in [3.63, 3.8) is 0 Å². The predicted molar refractivity (Wildman–Crippen MR) is 81.9 cm³/mol. The van der Waals surface area contributed by atoms with Crippen molar-refractivity contribution >= 4 is 17.8 Å². The summed E-state index contributed by atoms with van der Waals surface area (Å²) in [6.45, 7) is 12.0. The van der Waals surface area contributed by atoms with Gasteiger partial charge in [0.2, 0.25) is 17.8 Å². The summed E-state index contributed by atoms with van der Waals surface area (Å²) in [4.78, 5) is 14.6. The third-order valence-electron chi connectivity index (χ3n) is 2.67. The van der Waals surface area contributed by atoms with Crippen LogP contribution in [0.1, 0.15) is 27.7 Å². The third-order valence-corrected chi connectivity index (χ3v) is 2.67. The first-order valence-electron chi connectivity index (χ1n) is 7.14. The van der Waals surface area contributed by atoms with Gasteiger partial charge in [-0.2, -0.15) is 15.0 Å². The molecular formula is C13H26N6O. The highest BCUT2D eigenvalue weighted by atomic mass is 16.5. The molecule has 0 aliphatic carbocycles. The SMILES string of the molecule is CCN(CC)c1nc(N)nc(NCCOCC(C)C)n1. The van der Waals surface area contributed by atoms with Crippen molar-refractivity contribution in [1.29, 1.82) is 0 Å². The third kappa shape index (κ3) is 5.56. The van der Waals surface area contributed by atoms with Gasteiger partial charge in [0, 0.05) is 26.2 Å². The van der Waals surface area contributed by atoms with E-state index in [2.05, 4.69) is 48.0 Å². The van der Waals surface area contributed by atoms with Crippen LogP contribution >= 0.6 is 0 Å². The molecule has 7 nitrogen and oxygen atoms in total. The van der Waals surface area contributed by atoms with E-state index in [1.165, 1.54) is 0 Å². The maximum atomic E-state index is 5.72. The Morgan fingerprint density at radius 1 is 1.20 bits per heavy atom. The lowest BCUT2D eigenvalue weighted by atomic mass is 10.2. The van der Waals surface area contributed by atoms with Crippen molar-refractivity contribution in [1.82, 2.24) is 15.0 Å². The topological polar surface area (TPSA) is 89.2 Å². The highest BCUT2D eigenvalue weighted by Gasteiger charge is 2.09. The van der Waals surface area contributed by atoms with Crippen LogP contribution in [-0.4, -0.2) is 47.8 Å². The second kappa shape index (κ2) is 8.52. The van der Waals surface area contributed by atoms with Gasteiger partial charge in [0.1, 0.15) is 0 Å². The second-order valence-electron chi connectivity index (χ2n) is 4.89. The van der Waals surface area contributed by atoms with Crippen molar-refractivity contribution in [2.24, 2.45) is 5.92 Å². The van der Waals surface area contributed by atoms with Crippen molar-refractivity contribution in [2.75, 3.05) is 48.8 Å². The lowest BCUT2D eigenvalue weighted by Crippen LogP contribution is -2.25. The molecule has 7 heteroatoms. The summed E-state index contributed by atoms with van der Waals surface area (Å²) in [6.07, 6.45) is 0. The Balaban J connectivity index is 2.53. The molecule has 0 bridgehead atoms. The summed E-state index contributed by atoms with van der Waals surface area (Å²) in [7, 11) is 0. The van der Waals surface area contributed by atoms with Crippen molar-refractivity contribution in [2.45, 2.75) is 27.7 Å². The van der Waals surface area contributed by atoms with Crippen LogP contribution in [0.2, 0.25) is 0 Å². The van der Waals surface area contributed by atoms with Crippen LogP contribution in [-0.2, 0) is 4.74 Å². The molecule has 0 aliphatic rings. The Labute approximate surface area is 121 Å². The molecule has 0 aromatic carbocycles. The van der Waals surface area contributed by atoms with E-state index < -0.39 is 0 Å². The second-order valence-corrected chi connectivity index (χ2v) is 4.89. The number of aromatic nitrogens is 3. The number of nitrogen functional groups attached to an aromatic ring is 1. The maximum absolute atomic E-state index is 5.72. The van der Waals surface area contributed by atoms with Gasteiger partial charge in [-0.1, -0.05) is 13.8 Å². The number of nitrogens with two attached hydrogens (primary N) is 1. The van der Waals surface area contributed by atoms with Crippen LogP contribution in [0.15, 0.2) is 0 Å². The molecule has 0 fully saturated rings. The lowest BCUT2D eigenvalue weighted by Gasteiger charge is -2.19. The van der Waals surface area contributed by atoms with E-state index in [1.807, 2.05) is 4.90 Å². The Hall–Kier alpha value is -1.63. The fourth-order valence-corrected chi connectivity index (χ4v) is 1.66. The number of nitrogens with zero attached hydrogens (tertiary/aromatic N) is 4. The van der Waals surface area contributed by atoms with E-state index in [-0.39, 0.29) is 5.95 Å². The fourth-order valence-electron chi connectivity index (χ4n) is 1.66. The van der Waals surface area contributed by atoms with E-state index in [9.17, 15) is 0 Å². The van der Waals surface area contributed by atoms with E-state index in [0.29, 0.717) is 31.0 Å². The Bertz CT molecular complexity index is 394. The normalized spacial score (nSPS) is 10.8. The van der Waals surface area contributed by atoms with Gasteiger partial charge >= 0.3 is 0 Å². The summed E-state index contributed by atoms with van der Waals surface area (Å²) in [5, 5.41) is 3.11. The minimum Gasteiger partial charge on any atom is -0.379 e. The van der Waals surface area contributed by atoms with Gasteiger partial charge in [-0.3, -0.25) is 0 Å². The zero-order valence-corrected chi connectivity index (χ0v) is 12.9. The molecular weight excluding hydrogens is 256 g/mol. The van der Waals surface area contributed by atoms with Crippen LogP contribution < -0.4 is 16.0 Å². The number of anilines is 3. The van der Waals surface area contributed by atoms with E-state index in [4.69, 9.17) is 10.5 Å². The van der Waals surface area contributed by atoms with E-state index in [1.54, 1.807) is 0 Å². The summed E-state index contributed by atoms with van der Waals surface area (Å²) in [5.74, 6) is 1.87. The van der Waals surface area contributed by atoms with Crippen molar-refractivity contribution in [3.05, 3.63) is 0 Å². The zero-order chi connectivity index (χ0) is 15.0. The molecule has 20 heavy (non-hydrogen) atoms. The largest absolute Gasteiger partial charge is 0.379 e. The van der Waals surface area contributed by atoms with Crippen LogP contribution in [0.5, 0.6) is 0 Å². The number of rotatable bonds is 9. The van der Waals surface area contributed by atoms with E-state index >= 15 is 0 Å². The minimum absolute atomic E-state index is 0.229. The molecule has 0 unspecified atom stereocenters. The molecule has 1 aromatic heterocycles. The summed E-state index contributed by atoms with van der Waals surface area (Å²) >= 11 is 0. The summed E-state index contributed by atoms with van der Waals surface area (Å²) < 4.78 is 5.49. The molecule has 0 radical (unpaired) electrons. The number of nitrogens with one attached hydrogen (secondary N) is 1. The molecule has 3 N–H and O–H groups in total.